The Morgan fingerprint density at radius 3 is 2.52 bits per heavy atom. The van der Waals surface area contributed by atoms with Crippen LogP contribution in [0.3, 0.4) is 0 Å². The van der Waals surface area contributed by atoms with Gasteiger partial charge in [-0.1, -0.05) is 37.0 Å². The Morgan fingerprint density at radius 2 is 1.93 bits per heavy atom. The minimum absolute atomic E-state index is 0.240. The number of hydrogen-bond acceptors (Lipinski definition) is 4. The summed E-state index contributed by atoms with van der Waals surface area (Å²) in [5, 5.41) is 19.5. The molecule has 150 valence electrons. The average molecular weight is 412 g/mol. The Balaban J connectivity index is 1.90. The number of hydrogen-bond donors (Lipinski definition) is 1. The summed E-state index contributed by atoms with van der Waals surface area (Å²) in [6, 6.07) is 12.1. The Bertz CT molecular complexity index is 1080. The van der Waals surface area contributed by atoms with Gasteiger partial charge in [-0.3, -0.25) is 0 Å². The predicted molar refractivity (Wildman–Crippen MR) is 107 cm³/mol. The summed E-state index contributed by atoms with van der Waals surface area (Å²) in [4.78, 5) is -0.240. The van der Waals surface area contributed by atoms with Gasteiger partial charge in [0.1, 0.15) is 11.9 Å². The second kappa shape index (κ2) is 8.75. The van der Waals surface area contributed by atoms with E-state index in [-0.39, 0.29) is 4.90 Å². The first kappa shape index (κ1) is 21.0. The molecule has 0 radical (unpaired) electrons. The van der Waals surface area contributed by atoms with E-state index in [2.05, 4.69) is 18.8 Å². The zero-order valence-corrected chi connectivity index (χ0v) is 16.7. The van der Waals surface area contributed by atoms with E-state index in [1.165, 1.54) is 12.1 Å². The first-order valence-electron chi connectivity index (χ1n) is 9.32. The number of unbranched alkanes of at least 4 members (excludes halogenated alkanes) is 1. The van der Waals surface area contributed by atoms with Gasteiger partial charge in [-0.15, -0.1) is 0 Å². The van der Waals surface area contributed by atoms with Gasteiger partial charge in [0.05, 0.1) is 23.6 Å². The molecule has 1 aliphatic heterocycles. The first-order chi connectivity index (χ1) is 13.9. The van der Waals surface area contributed by atoms with Crippen LogP contribution in [0.5, 0.6) is 0 Å². The Hall–Kier alpha value is -2.71. The van der Waals surface area contributed by atoms with Crippen LogP contribution in [0.15, 0.2) is 53.4 Å². The maximum atomic E-state index is 13.5. The fraction of sp³-hybridized carbons (Fsp3) is 0.318. The summed E-state index contributed by atoms with van der Waals surface area (Å²) in [7, 11) is -4.12. The van der Waals surface area contributed by atoms with Crippen molar-refractivity contribution in [2.45, 2.75) is 42.7 Å². The third kappa shape index (κ3) is 4.04. The number of nitrogens with zero attached hydrogens (tertiary/aromatic N) is 2. The number of nitriles is 1. The topological polar surface area (TPSA) is 81.4 Å². The summed E-state index contributed by atoms with van der Waals surface area (Å²) in [5.74, 6) is 4.94. The van der Waals surface area contributed by atoms with Crippen LogP contribution in [0.2, 0.25) is 0 Å². The molecule has 0 aliphatic carbocycles. The highest BCUT2D eigenvalue weighted by atomic mass is 32.2. The second-order valence-electron chi connectivity index (χ2n) is 6.82. The highest BCUT2D eigenvalue weighted by Gasteiger charge is 2.55. The second-order valence-corrected chi connectivity index (χ2v) is 8.66. The van der Waals surface area contributed by atoms with Crippen molar-refractivity contribution >= 4 is 10.0 Å². The quantitative estimate of drug-likeness (QED) is 0.766. The van der Waals surface area contributed by atoms with Gasteiger partial charge >= 0.3 is 0 Å². The molecule has 0 unspecified atom stereocenters. The van der Waals surface area contributed by atoms with Crippen molar-refractivity contribution in [3.05, 3.63) is 65.5 Å². The van der Waals surface area contributed by atoms with Gasteiger partial charge in [0.25, 0.3) is 0 Å². The highest BCUT2D eigenvalue weighted by molar-refractivity contribution is 7.89. The van der Waals surface area contributed by atoms with Gasteiger partial charge in [-0.25, -0.2) is 12.8 Å². The first-order valence-corrected chi connectivity index (χ1v) is 10.8. The van der Waals surface area contributed by atoms with Gasteiger partial charge in [-0.05, 0) is 42.3 Å². The van der Waals surface area contributed by atoms with Crippen molar-refractivity contribution in [1.82, 2.24) is 4.31 Å². The molecule has 3 rings (SSSR count). The van der Waals surface area contributed by atoms with Crippen molar-refractivity contribution in [1.29, 1.82) is 5.26 Å². The molecule has 1 N–H and O–H groups in total. The lowest BCUT2D eigenvalue weighted by atomic mass is 9.78. The molecule has 3 atom stereocenters. The molecule has 2 aromatic rings. The minimum atomic E-state index is -4.12. The predicted octanol–water partition coefficient (Wildman–Crippen LogP) is 3.02. The third-order valence-corrected chi connectivity index (χ3v) is 6.85. The van der Waals surface area contributed by atoms with Gasteiger partial charge in [-0.2, -0.15) is 9.57 Å². The number of aliphatic hydroxyl groups is 1. The highest BCUT2D eigenvalue weighted by Crippen LogP contribution is 2.43. The van der Waals surface area contributed by atoms with Gasteiger partial charge in [0.2, 0.25) is 10.0 Å². The van der Waals surface area contributed by atoms with E-state index < -0.39 is 40.4 Å². The summed E-state index contributed by atoms with van der Waals surface area (Å²) >= 11 is 0. The molecule has 0 bridgehead atoms. The average Bonchev–Trinajstić information content (AvgIpc) is 2.69. The number of benzene rings is 2. The van der Waals surface area contributed by atoms with Gasteiger partial charge < -0.3 is 5.11 Å². The number of aliphatic hydroxyl groups excluding tert-OH is 1. The molecule has 1 fully saturated rings. The molecule has 0 aromatic heterocycles. The lowest BCUT2D eigenvalue weighted by Crippen LogP contribution is -2.65. The van der Waals surface area contributed by atoms with Crippen LogP contribution >= 0.6 is 0 Å². The monoisotopic (exact) mass is 412 g/mol. The smallest absolute Gasteiger partial charge is 0.244 e. The van der Waals surface area contributed by atoms with E-state index in [9.17, 15) is 23.2 Å². The maximum absolute atomic E-state index is 13.5. The Kier molecular flexibility index (Phi) is 6.34. The third-order valence-electron chi connectivity index (χ3n) is 4.95. The molecule has 0 spiro atoms. The zero-order valence-electron chi connectivity index (χ0n) is 15.9. The molecule has 0 saturated carbocycles. The molecule has 2 aromatic carbocycles. The van der Waals surface area contributed by atoms with Crippen LogP contribution in [0, 0.1) is 29.0 Å². The van der Waals surface area contributed by atoms with E-state index >= 15 is 0 Å². The van der Waals surface area contributed by atoms with Crippen molar-refractivity contribution in [3.63, 3.8) is 0 Å². The maximum Gasteiger partial charge on any atom is 0.244 e. The molecular weight excluding hydrogens is 391 g/mol. The van der Waals surface area contributed by atoms with Crippen LogP contribution in [-0.4, -0.2) is 36.5 Å². The SMILES string of the molecule is CCCC#Cc1ccc([C@H]2[C@H](C#N)N(S(=O)(=O)c3cccc(F)c3)[C@H]2CO)cc1. The summed E-state index contributed by atoms with van der Waals surface area (Å²) < 4.78 is 40.4. The molecule has 1 aliphatic rings. The lowest BCUT2D eigenvalue weighted by molar-refractivity contribution is 0.0556. The van der Waals surface area contributed by atoms with Crippen LogP contribution in [0.1, 0.15) is 36.8 Å². The Morgan fingerprint density at radius 1 is 1.21 bits per heavy atom. The molecule has 29 heavy (non-hydrogen) atoms. The van der Waals surface area contributed by atoms with E-state index in [4.69, 9.17) is 0 Å². The van der Waals surface area contributed by atoms with Crippen molar-refractivity contribution in [2.75, 3.05) is 6.61 Å². The largest absolute Gasteiger partial charge is 0.395 e. The van der Waals surface area contributed by atoms with E-state index in [0.717, 1.165) is 40.4 Å². The summed E-state index contributed by atoms with van der Waals surface area (Å²) in [6.45, 7) is 1.60. The minimum Gasteiger partial charge on any atom is -0.395 e. The van der Waals surface area contributed by atoms with E-state index in [0.29, 0.717) is 0 Å². The molecule has 0 amide bonds. The number of rotatable bonds is 5. The Labute approximate surface area is 170 Å². The van der Waals surface area contributed by atoms with Gasteiger partial charge in [0.15, 0.2) is 0 Å². The summed E-state index contributed by atoms with van der Waals surface area (Å²) in [5.41, 5.74) is 1.59. The van der Waals surface area contributed by atoms with Crippen molar-refractivity contribution in [3.8, 4) is 17.9 Å². The molecule has 5 nitrogen and oxygen atoms in total. The van der Waals surface area contributed by atoms with Gasteiger partial charge in [0, 0.05) is 17.9 Å². The molecule has 1 heterocycles. The lowest BCUT2D eigenvalue weighted by Gasteiger charge is -2.50. The fourth-order valence-corrected chi connectivity index (χ4v) is 5.31. The van der Waals surface area contributed by atoms with Crippen LogP contribution in [-0.2, 0) is 10.0 Å². The van der Waals surface area contributed by atoms with E-state index in [1.54, 1.807) is 12.1 Å². The number of sulfonamides is 1. The van der Waals surface area contributed by atoms with E-state index in [1.807, 2.05) is 18.2 Å². The van der Waals surface area contributed by atoms with Crippen LogP contribution in [0.4, 0.5) is 4.39 Å². The molecule has 7 heteroatoms. The molecular formula is C22H21FN2O3S. The summed E-state index contributed by atoms with van der Waals surface area (Å²) in [6.07, 6.45) is 1.78. The van der Waals surface area contributed by atoms with Crippen LogP contribution in [0.25, 0.3) is 0 Å². The zero-order chi connectivity index (χ0) is 21.0. The fourth-order valence-electron chi connectivity index (χ4n) is 3.52. The normalized spacial score (nSPS) is 21.5. The van der Waals surface area contributed by atoms with Crippen molar-refractivity contribution < 1.29 is 17.9 Å². The van der Waals surface area contributed by atoms with Crippen LogP contribution < -0.4 is 0 Å². The standard InChI is InChI=1S/C22H21FN2O3S/c1-2-3-4-6-16-9-11-17(12-10-16)22-20(14-24)25(21(22)15-26)29(27,28)19-8-5-7-18(23)13-19/h5,7-13,20-22,26H,2-3,15H2,1H3/t20-,21-,22-/m0/s1. The van der Waals surface area contributed by atoms with Crippen molar-refractivity contribution in [2.24, 2.45) is 0 Å². The molecule has 1 saturated heterocycles. The number of halogens is 1.